The minimum atomic E-state index is -0.943. The first kappa shape index (κ1) is 17.7. The summed E-state index contributed by atoms with van der Waals surface area (Å²) in [4.78, 5) is 37.6. The van der Waals surface area contributed by atoms with Crippen molar-refractivity contribution >= 4 is 34.2 Å². The summed E-state index contributed by atoms with van der Waals surface area (Å²) >= 11 is 1.31. The van der Waals surface area contributed by atoms with Crippen LogP contribution in [0.2, 0.25) is 0 Å². The zero-order chi connectivity index (χ0) is 18.3. The number of anilines is 1. The average molecular weight is 363 g/mol. The number of aryl methyl sites for hydroxylation is 1. The molecule has 0 saturated heterocycles. The molecule has 7 heteroatoms. The van der Waals surface area contributed by atoms with Crippen molar-refractivity contribution in [1.29, 1.82) is 0 Å². The maximum Gasteiger partial charge on any atom is 0.341 e. The van der Waals surface area contributed by atoms with Crippen molar-refractivity contribution in [2.24, 2.45) is 23.7 Å². The van der Waals surface area contributed by atoms with Crippen LogP contribution < -0.4 is 5.32 Å². The first-order valence-electron chi connectivity index (χ1n) is 8.34. The first-order valence-corrected chi connectivity index (χ1v) is 9.15. The second kappa shape index (κ2) is 6.63. The number of hydrogen-bond acceptors (Lipinski definition) is 5. The minimum absolute atomic E-state index is 0.0562. The third-order valence-electron chi connectivity index (χ3n) is 5.15. The largest absolute Gasteiger partial charge is 0.481 e. The van der Waals surface area contributed by atoms with Crippen LogP contribution in [0.1, 0.15) is 34.1 Å². The van der Waals surface area contributed by atoms with Gasteiger partial charge < -0.3 is 15.2 Å². The van der Waals surface area contributed by atoms with Crippen LogP contribution in [0.15, 0.2) is 12.2 Å². The molecule has 1 aromatic heterocycles. The van der Waals surface area contributed by atoms with Gasteiger partial charge in [-0.25, -0.2) is 4.79 Å². The van der Waals surface area contributed by atoms with Gasteiger partial charge in [0.2, 0.25) is 5.91 Å². The lowest BCUT2D eigenvalue weighted by atomic mass is 9.82. The molecule has 0 spiro atoms. The summed E-state index contributed by atoms with van der Waals surface area (Å²) in [5, 5.41) is 12.7. The molecule has 2 N–H and O–H groups in total. The molecule has 1 amide bonds. The normalized spacial score (nSPS) is 26.7. The van der Waals surface area contributed by atoms with Crippen molar-refractivity contribution in [2.75, 3.05) is 11.9 Å². The van der Waals surface area contributed by atoms with E-state index in [2.05, 4.69) is 5.32 Å². The van der Waals surface area contributed by atoms with Gasteiger partial charge >= 0.3 is 11.9 Å². The molecule has 1 saturated carbocycles. The Balaban J connectivity index is 1.87. The Labute approximate surface area is 149 Å². The lowest BCUT2D eigenvalue weighted by Crippen LogP contribution is -2.36. The molecule has 2 aliphatic carbocycles. The number of thiophene rings is 1. The molecular formula is C18H21NO5S. The zero-order valence-corrected chi connectivity index (χ0v) is 15.2. The highest BCUT2D eigenvalue weighted by molar-refractivity contribution is 7.16. The van der Waals surface area contributed by atoms with Crippen LogP contribution in [0.3, 0.4) is 0 Å². The van der Waals surface area contributed by atoms with Gasteiger partial charge in [0.15, 0.2) is 0 Å². The predicted molar refractivity (Wildman–Crippen MR) is 93.7 cm³/mol. The summed E-state index contributed by atoms with van der Waals surface area (Å²) in [5.41, 5.74) is 1.14. The third-order valence-corrected chi connectivity index (χ3v) is 6.27. The van der Waals surface area contributed by atoms with E-state index >= 15 is 0 Å². The van der Waals surface area contributed by atoms with Crippen molar-refractivity contribution in [3.63, 3.8) is 0 Å². The van der Waals surface area contributed by atoms with Gasteiger partial charge in [-0.3, -0.25) is 9.59 Å². The van der Waals surface area contributed by atoms with E-state index in [0.717, 1.165) is 10.4 Å². The molecule has 1 fully saturated rings. The Hall–Kier alpha value is -2.15. The monoisotopic (exact) mass is 363 g/mol. The Bertz CT molecular complexity index is 766. The minimum Gasteiger partial charge on any atom is -0.481 e. The van der Waals surface area contributed by atoms with Crippen molar-refractivity contribution in [1.82, 2.24) is 0 Å². The lowest BCUT2D eigenvalue weighted by molar-refractivity contribution is -0.146. The molecule has 4 atom stereocenters. The molecular weight excluding hydrogens is 342 g/mol. The molecule has 25 heavy (non-hydrogen) atoms. The van der Waals surface area contributed by atoms with Crippen LogP contribution in [-0.4, -0.2) is 29.6 Å². The maximum absolute atomic E-state index is 12.8. The van der Waals surface area contributed by atoms with E-state index in [1.807, 2.05) is 26.0 Å². The first-order chi connectivity index (χ1) is 11.8. The number of carbonyl (C=O) groups is 3. The number of fused-ring (bicyclic) bond motifs is 2. The number of carbonyl (C=O) groups excluding carboxylic acids is 2. The number of esters is 1. The van der Waals surface area contributed by atoms with E-state index in [1.165, 1.54) is 11.3 Å². The molecule has 1 aromatic rings. The molecule has 134 valence electrons. The Morgan fingerprint density at radius 3 is 2.48 bits per heavy atom. The van der Waals surface area contributed by atoms with Crippen LogP contribution >= 0.6 is 11.3 Å². The average Bonchev–Trinajstić information content (AvgIpc) is 3.21. The highest BCUT2D eigenvalue weighted by Crippen LogP contribution is 2.48. The lowest BCUT2D eigenvalue weighted by Gasteiger charge is -2.23. The number of nitrogens with one attached hydrogen (secondary N) is 1. The van der Waals surface area contributed by atoms with E-state index in [-0.39, 0.29) is 24.3 Å². The second-order valence-electron chi connectivity index (χ2n) is 6.54. The third kappa shape index (κ3) is 2.97. The van der Waals surface area contributed by atoms with E-state index in [0.29, 0.717) is 17.0 Å². The smallest absolute Gasteiger partial charge is 0.341 e. The standard InChI is InChI=1S/C18H21NO5S/c1-4-24-18(23)12-8(2)9(3)25-16(12)19-15(20)13-10-5-6-11(7-10)14(13)17(21)22/h5-6,10-11,13-14H,4,7H2,1-3H3,(H,19,20)(H,21,22). The number of hydrogen-bond donors (Lipinski definition) is 2. The van der Waals surface area contributed by atoms with Crippen LogP contribution in [0.5, 0.6) is 0 Å². The number of amides is 1. The molecule has 4 unspecified atom stereocenters. The maximum atomic E-state index is 12.8. The molecule has 0 aliphatic heterocycles. The van der Waals surface area contributed by atoms with E-state index < -0.39 is 23.8 Å². The van der Waals surface area contributed by atoms with Crippen molar-refractivity contribution in [3.05, 3.63) is 28.2 Å². The summed E-state index contributed by atoms with van der Waals surface area (Å²) in [5.74, 6) is -3.21. The van der Waals surface area contributed by atoms with Gasteiger partial charge in [-0.2, -0.15) is 0 Å². The molecule has 0 aromatic carbocycles. The van der Waals surface area contributed by atoms with Crippen molar-refractivity contribution in [3.8, 4) is 0 Å². The fourth-order valence-electron chi connectivity index (χ4n) is 3.88. The van der Waals surface area contributed by atoms with E-state index in [9.17, 15) is 19.5 Å². The SMILES string of the molecule is CCOC(=O)c1c(NC(=O)C2C3C=CC(C3)C2C(=O)O)sc(C)c1C. The van der Waals surface area contributed by atoms with Gasteiger partial charge in [0.05, 0.1) is 24.0 Å². The summed E-state index contributed by atoms with van der Waals surface area (Å²) in [6, 6.07) is 0. The van der Waals surface area contributed by atoms with Gasteiger partial charge in [0.25, 0.3) is 0 Å². The second-order valence-corrected chi connectivity index (χ2v) is 7.76. The molecule has 0 radical (unpaired) electrons. The number of aliphatic carboxylic acids is 1. The van der Waals surface area contributed by atoms with Crippen LogP contribution in [0.25, 0.3) is 0 Å². The van der Waals surface area contributed by atoms with Gasteiger partial charge in [-0.05, 0) is 44.6 Å². The highest BCUT2D eigenvalue weighted by Gasteiger charge is 2.51. The molecule has 2 aliphatic rings. The molecule has 3 rings (SSSR count). The van der Waals surface area contributed by atoms with Gasteiger partial charge in [0.1, 0.15) is 5.00 Å². The zero-order valence-electron chi connectivity index (χ0n) is 14.4. The number of rotatable bonds is 5. The number of carboxylic acids is 1. The highest BCUT2D eigenvalue weighted by atomic mass is 32.1. The summed E-state index contributed by atoms with van der Waals surface area (Å²) in [6.07, 6.45) is 4.53. The van der Waals surface area contributed by atoms with Crippen LogP contribution in [-0.2, 0) is 14.3 Å². The number of allylic oxidation sites excluding steroid dienone is 2. The number of ether oxygens (including phenoxy) is 1. The molecule has 2 bridgehead atoms. The van der Waals surface area contributed by atoms with Crippen LogP contribution in [0.4, 0.5) is 5.00 Å². The topological polar surface area (TPSA) is 92.7 Å². The van der Waals surface area contributed by atoms with Crippen LogP contribution in [0, 0.1) is 37.5 Å². The van der Waals surface area contributed by atoms with Crippen molar-refractivity contribution in [2.45, 2.75) is 27.2 Å². The van der Waals surface area contributed by atoms with E-state index in [4.69, 9.17) is 4.74 Å². The Morgan fingerprint density at radius 1 is 1.24 bits per heavy atom. The Kier molecular flexibility index (Phi) is 4.69. The predicted octanol–water partition coefficient (Wildman–Crippen LogP) is 3.00. The molecule has 6 nitrogen and oxygen atoms in total. The Morgan fingerprint density at radius 2 is 1.88 bits per heavy atom. The fraction of sp³-hybridized carbons (Fsp3) is 0.500. The summed E-state index contributed by atoms with van der Waals surface area (Å²) in [6.45, 7) is 5.66. The number of carboxylic acid groups (broad SMARTS) is 1. The van der Waals surface area contributed by atoms with Gasteiger partial charge in [-0.1, -0.05) is 12.2 Å². The van der Waals surface area contributed by atoms with Gasteiger partial charge in [0, 0.05) is 4.88 Å². The van der Waals surface area contributed by atoms with Crippen molar-refractivity contribution < 1.29 is 24.2 Å². The molecule has 1 heterocycles. The quantitative estimate of drug-likeness (QED) is 0.620. The summed E-state index contributed by atoms with van der Waals surface area (Å²) in [7, 11) is 0. The van der Waals surface area contributed by atoms with Gasteiger partial charge in [-0.15, -0.1) is 11.3 Å². The van der Waals surface area contributed by atoms with E-state index in [1.54, 1.807) is 6.92 Å². The fourth-order valence-corrected chi connectivity index (χ4v) is 4.93. The summed E-state index contributed by atoms with van der Waals surface area (Å²) < 4.78 is 5.09.